The van der Waals surface area contributed by atoms with Crippen LogP contribution in [0.2, 0.25) is 5.02 Å². The normalized spacial score (nSPS) is 22.9. The third-order valence-corrected chi connectivity index (χ3v) is 7.03. The van der Waals surface area contributed by atoms with E-state index in [2.05, 4.69) is 9.82 Å². The molecule has 1 aliphatic carbocycles. The average Bonchev–Trinajstić information content (AvgIpc) is 3.44. The van der Waals surface area contributed by atoms with Gasteiger partial charge in [-0.1, -0.05) is 11.6 Å². The summed E-state index contributed by atoms with van der Waals surface area (Å²) in [6, 6.07) is 4.10. The second-order valence-electron chi connectivity index (χ2n) is 7.05. The maximum absolute atomic E-state index is 14.4. The van der Waals surface area contributed by atoms with Crippen molar-refractivity contribution in [2.45, 2.75) is 43.1 Å². The zero-order chi connectivity index (χ0) is 19.7. The van der Waals surface area contributed by atoms with E-state index >= 15 is 0 Å². The largest absolute Gasteiger partial charge is 0.488 e. The highest BCUT2D eigenvalue weighted by molar-refractivity contribution is 7.90. The number of sulfonamides is 1. The van der Waals surface area contributed by atoms with Crippen molar-refractivity contribution in [2.75, 3.05) is 13.2 Å². The quantitative estimate of drug-likeness (QED) is 0.731. The van der Waals surface area contributed by atoms with Crippen LogP contribution < -0.4 is 9.46 Å². The number of hydrogen-bond donors (Lipinski definition) is 1. The minimum atomic E-state index is -3.33. The molecule has 1 aliphatic heterocycles. The minimum Gasteiger partial charge on any atom is -0.488 e. The molecule has 28 heavy (non-hydrogen) atoms. The standard InChI is InChI=1S/C18H21ClFN3O4S/c19-12-9-21-23(10-12)13-3-6-17(15(20)8-13)27-11-18-16(2-1-7-26-18)22-28(24,25)14-4-5-14/h3,6,8-10,14,16,18,22H,1-2,4-5,7,11H2. The summed E-state index contributed by atoms with van der Waals surface area (Å²) in [7, 11) is -3.33. The summed E-state index contributed by atoms with van der Waals surface area (Å²) in [5, 5.41) is 4.19. The molecule has 7 nitrogen and oxygen atoms in total. The molecular formula is C18H21ClFN3O4S. The molecule has 0 amide bonds. The number of ether oxygens (including phenoxy) is 2. The number of rotatable bonds is 7. The molecular weight excluding hydrogens is 409 g/mol. The first-order chi connectivity index (χ1) is 13.4. The van der Waals surface area contributed by atoms with E-state index in [0.29, 0.717) is 36.6 Å². The number of aromatic nitrogens is 2. The number of halogens is 2. The SMILES string of the molecule is O=S(=O)(NC1CCCOC1COc1ccc(-n2cc(Cl)cn2)cc1F)C1CC1. The van der Waals surface area contributed by atoms with Crippen LogP contribution in [-0.2, 0) is 14.8 Å². The molecule has 0 bridgehead atoms. The van der Waals surface area contributed by atoms with Crippen LogP contribution >= 0.6 is 11.6 Å². The van der Waals surface area contributed by atoms with Crippen LogP contribution in [0, 0.1) is 5.82 Å². The van der Waals surface area contributed by atoms with Gasteiger partial charge in [0.25, 0.3) is 0 Å². The predicted molar refractivity (Wildman–Crippen MR) is 102 cm³/mol. The summed E-state index contributed by atoms with van der Waals surface area (Å²) in [5.74, 6) is -0.477. The molecule has 2 aliphatic rings. The first kappa shape index (κ1) is 19.6. The lowest BCUT2D eigenvalue weighted by atomic mass is 10.0. The Morgan fingerprint density at radius 2 is 2.18 bits per heavy atom. The van der Waals surface area contributed by atoms with Crippen LogP contribution in [0.15, 0.2) is 30.6 Å². The van der Waals surface area contributed by atoms with E-state index in [4.69, 9.17) is 21.1 Å². The van der Waals surface area contributed by atoms with Crippen molar-refractivity contribution < 1.29 is 22.3 Å². The Balaban J connectivity index is 1.41. The van der Waals surface area contributed by atoms with Gasteiger partial charge in [-0.05, 0) is 37.8 Å². The van der Waals surface area contributed by atoms with Gasteiger partial charge in [0, 0.05) is 18.9 Å². The van der Waals surface area contributed by atoms with Crippen LogP contribution in [0.3, 0.4) is 0 Å². The number of nitrogens with zero attached hydrogens (tertiary/aromatic N) is 2. The van der Waals surface area contributed by atoms with Crippen molar-refractivity contribution >= 4 is 21.6 Å². The third-order valence-electron chi connectivity index (χ3n) is 4.85. The van der Waals surface area contributed by atoms with Gasteiger partial charge in [-0.15, -0.1) is 0 Å². The van der Waals surface area contributed by atoms with E-state index in [9.17, 15) is 12.8 Å². The van der Waals surface area contributed by atoms with Crippen LogP contribution in [-0.4, -0.2) is 48.8 Å². The maximum atomic E-state index is 14.4. The van der Waals surface area contributed by atoms with Crippen LogP contribution in [0.5, 0.6) is 5.75 Å². The fourth-order valence-corrected chi connectivity index (χ4v) is 4.96. The van der Waals surface area contributed by atoms with E-state index in [1.54, 1.807) is 12.3 Å². The van der Waals surface area contributed by atoms with E-state index in [0.717, 1.165) is 6.42 Å². The van der Waals surface area contributed by atoms with Gasteiger partial charge >= 0.3 is 0 Å². The van der Waals surface area contributed by atoms with Crippen molar-refractivity contribution in [3.8, 4) is 11.4 Å². The molecule has 10 heteroatoms. The van der Waals surface area contributed by atoms with E-state index in [1.807, 2.05) is 0 Å². The maximum Gasteiger partial charge on any atom is 0.214 e. The van der Waals surface area contributed by atoms with Crippen LogP contribution in [0.1, 0.15) is 25.7 Å². The Morgan fingerprint density at radius 1 is 1.36 bits per heavy atom. The molecule has 0 spiro atoms. The Bertz CT molecular complexity index is 948. The van der Waals surface area contributed by atoms with Gasteiger partial charge in [-0.25, -0.2) is 22.2 Å². The van der Waals surface area contributed by atoms with Crippen molar-refractivity contribution in [3.63, 3.8) is 0 Å². The third kappa shape index (κ3) is 4.48. The molecule has 4 rings (SSSR count). The Kier molecular flexibility index (Phi) is 5.59. The second kappa shape index (κ2) is 7.98. The van der Waals surface area contributed by atoms with Crippen molar-refractivity contribution in [2.24, 2.45) is 0 Å². The van der Waals surface area contributed by atoms with Gasteiger partial charge in [-0.2, -0.15) is 5.10 Å². The number of benzene rings is 1. The zero-order valence-corrected chi connectivity index (χ0v) is 16.6. The molecule has 2 fully saturated rings. The van der Waals surface area contributed by atoms with Gasteiger partial charge in [0.05, 0.1) is 28.2 Å². The fourth-order valence-electron chi connectivity index (χ4n) is 3.19. The summed E-state index contributed by atoms with van der Waals surface area (Å²) in [6.45, 7) is 0.582. The summed E-state index contributed by atoms with van der Waals surface area (Å²) >= 11 is 5.84. The van der Waals surface area contributed by atoms with Gasteiger partial charge in [0.2, 0.25) is 10.0 Å². The second-order valence-corrected chi connectivity index (χ2v) is 9.48. The van der Waals surface area contributed by atoms with E-state index < -0.39 is 21.9 Å². The minimum absolute atomic E-state index is 0.0573. The van der Waals surface area contributed by atoms with Crippen molar-refractivity contribution in [1.29, 1.82) is 0 Å². The molecule has 1 aromatic carbocycles. The molecule has 2 unspecified atom stereocenters. The highest BCUT2D eigenvalue weighted by Gasteiger charge is 2.39. The summed E-state index contributed by atoms with van der Waals surface area (Å²) in [6.07, 6.45) is 5.40. The Morgan fingerprint density at radius 3 is 2.86 bits per heavy atom. The van der Waals surface area contributed by atoms with Crippen molar-refractivity contribution in [3.05, 3.63) is 41.4 Å². The average molecular weight is 430 g/mol. The molecule has 2 aromatic rings. The number of hydrogen-bond acceptors (Lipinski definition) is 5. The van der Waals surface area contributed by atoms with Gasteiger partial charge in [0.1, 0.15) is 12.7 Å². The molecule has 2 atom stereocenters. The van der Waals surface area contributed by atoms with Gasteiger partial charge in [-0.3, -0.25) is 0 Å². The smallest absolute Gasteiger partial charge is 0.214 e. The highest BCUT2D eigenvalue weighted by atomic mass is 35.5. The molecule has 152 valence electrons. The molecule has 1 saturated carbocycles. The van der Waals surface area contributed by atoms with Gasteiger partial charge < -0.3 is 9.47 Å². The molecule has 0 radical (unpaired) electrons. The summed E-state index contributed by atoms with van der Waals surface area (Å²) in [5.41, 5.74) is 0.515. The molecule has 1 N–H and O–H groups in total. The predicted octanol–water partition coefficient (Wildman–Crippen LogP) is 2.67. The molecule has 1 aromatic heterocycles. The molecule has 2 heterocycles. The summed E-state index contributed by atoms with van der Waals surface area (Å²) < 4.78 is 54.4. The lowest BCUT2D eigenvalue weighted by Gasteiger charge is -2.32. The summed E-state index contributed by atoms with van der Waals surface area (Å²) in [4.78, 5) is 0. The van der Waals surface area contributed by atoms with E-state index in [-0.39, 0.29) is 23.6 Å². The van der Waals surface area contributed by atoms with Gasteiger partial charge in [0.15, 0.2) is 11.6 Å². The molecule has 1 saturated heterocycles. The topological polar surface area (TPSA) is 82.5 Å². The van der Waals surface area contributed by atoms with Crippen molar-refractivity contribution in [1.82, 2.24) is 14.5 Å². The lowest BCUT2D eigenvalue weighted by molar-refractivity contribution is -0.0285. The first-order valence-corrected chi connectivity index (χ1v) is 11.1. The monoisotopic (exact) mass is 429 g/mol. The van der Waals surface area contributed by atoms with Crippen LogP contribution in [0.4, 0.5) is 4.39 Å². The van der Waals surface area contributed by atoms with E-state index in [1.165, 1.54) is 23.0 Å². The lowest BCUT2D eigenvalue weighted by Crippen LogP contribution is -2.50. The first-order valence-electron chi connectivity index (χ1n) is 9.18. The zero-order valence-electron chi connectivity index (χ0n) is 15.1. The van der Waals surface area contributed by atoms with Crippen LogP contribution in [0.25, 0.3) is 5.69 Å². The Hall–Kier alpha value is -1.68. The number of nitrogens with one attached hydrogen (secondary N) is 1. The Labute approximate surface area is 167 Å². The fraction of sp³-hybridized carbons (Fsp3) is 0.500. The highest BCUT2D eigenvalue weighted by Crippen LogP contribution is 2.29.